The van der Waals surface area contributed by atoms with Gasteiger partial charge in [0.25, 0.3) is 0 Å². The van der Waals surface area contributed by atoms with Crippen molar-refractivity contribution in [2.24, 2.45) is 4.99 Å². The maximum Gasteiger partial charge on any atom is 0.194 e. The third-order valence-electron chi connectivity index (χ3n) is 4.51. The van der Waals surface area contributed by atoms with Gasteiger partial charge in [-0.2, -0.15) is 11.8 Å². The molecule has 1 aliphatic rings. The summed E-state index contributed by atoms with van der Waals surface area (Å²) in [6.45, 7) is 5.91. The Bertz CT molecular complexity index is 688. The van der Waals surface area contributed by atoms with E-state index in [1.807, 2.05) is 25.5 Å². The number of thioether (sulfide) groups is 1. The maximum absolute atomic E-state index is 4.52. The number of guanidine groups is 1. The molecule has 1 saturated heterocycles. The van der Waals surface area contributed by atoms with Crippen LogP contribution in [0.5, 0.6) is 0 Å². The maximum atomic E-state index is 4.52. The summed E-state index contributed by atoms with van der Waals surface area (Å²) < 4.78 is 2.19. The fraction of sp³-hybridized carbons (Fsp3) is 0.474. The van der Waals surface area contributed by atoms with E-state index in [4.69, 9.17) is 0 Å². The highest BCUT2D eigenvalue weighted by Crippen LogP contribution is 2.21. The van der Waals surface area contributed by atoms with E-state index in [-0.39, 0.29) is 24.0 Å². The Morgan fingerprint density at radius 2 is 2.15 bits per heavy atom. The molecule has 1 aromatic carbocycles. The molecule has 26 heavy (non-hydrogen) atoms. The minimum absolute atomic E-state index is 0. The van der Waals surface area contributed by atoms with Gasteiger partial charge in [0.2, 0.25) is 0 Å². The summed E-state index contributed by atoms with van der Waals surface area (Å²) in [4.78, 5) is 11.4. The fourth-order valence-corrected chi connectivity index (χ4v) is 4.26. The molecule has 0 amide bonds. The van der Waals surface area contributed by atoms with Crippen molar-refractivity contribution in [1.82, 2.24) is 19.8 Å². The van der Waals surface area contributed by atoms with Gasteiger partial charge in [-0.25, -0.2) is 4.98 Å². The monoisotopic (exact) mass is 485 g/mol. The first-order valence-electron chi connectivity index (χ1n) is 8.91. The van der Waals surface area contributed by atoms with Gasteiger partial charge in [-0.05, 0) is 12.0 Å². The topological polar surface area (TPSA) is 45.4 Å². The van der Waals surface area contributed by atoms with Crippen molar-refractivity contribution in [3.05, 3.63) is 54.1 Å². The van der Waals surface area contributed by atoms with Gasteiger partial charge in [0.15, 0.2) is 5.96 Å². The Balaban J connectivity index is 0.00000243. The molecule has 0 bridgehead atoms. The number of hydrogen-bond acceptors (Lipinski definition) is 3. The lowest BCUT2D eigenvalue weighted by Gasteiger charge is -2.34. The second kappa shape index (κ2) is 10.8. The molecular weight excluding hydrogens is 457 g/mol. The molecule has 142 valence electrons. The molecule has 2 heterocycles. The zero-order valence-corrected chi connectivity index (χ0v) is 18.6. The van der Waals surface area contributed by atoms with Gasteiger partial charge in [-0.1, -0.05) is 37.3 Å². The Kier molecular flexibility index (Phi) is 8.77. The number of imidazole rings is 1. The van der Waals surface area contributed by atoms with Crippen LogP contribution in [-0.4, -0.2) is 51.6 Å². The molecule has 0 spiro atoms. The van der Waals surface area contributed by atoms with Crippen molar-refractivity contribution < 1.29 is 0 Å². The van der Waals surface area contributed by atoms with E-state index in [1.165, 1.54) is 17.7 Å². The van der Waals surface area contributed by atoms with E-state index in [9.17, 15) is 0 Å². The molecular formula is C19H28IN5S. The van der Waals surface area contributed by atoms with Crippen molar-refractivity contribution >= 4 is 41.7 Å². The summed E-state index contributed by atoms with van der Waals surface area (Å²) in [6.07, 6.45) is 5.12. The molecule has 1 unspecified atom stereocenters. The molecule has 1 fully saturated rings. The van der Waals surface area contributed by atoms with Gasteiger partial charge < -0.3 is 14.8 Å². The number of nitrogens with zero attached hydrogens (tertiary/aromatic N) is 4. The molecule has 0 radical (unpaired) electrons. The zero-order valence-electron chi connectivity index (χ0n) is 15.5. The first-order chi connectivity index (χ1) is 12.3. The molecule has 2 aromatic rings. The minimum atomic E-state index is 0. The average molecular weight is 485 g/mol. The lowest BCUT2D eigenvalue weighted by molar-refractivity contribution is 0.407. The number of rotatable bonds is 5. The molecule has 1 aromatic heterocycles. The molecule has 1 aliphatic heterocycles. The van der Waals surface area contributed by atoms with Crippen molar-refractivity contribution in [3.8, 4) is 0 Å². The molecule has 1 N–H and O–H groups in total. The molecule has 7 heteroatoms. The van der Waals surface area contributed by atoms with Crippen molar-refractivity contribution in [1.29, 1.82) is 0 Å². The third kappa shape index (κ3) is 5.64. The van der Waals surface area contributed by atoms with E-state index in [2.05, 4.69) is 67.7 Å². The second-order valence-electron chi connectivity index (χ2n) is 6.20. The summed E-state index contributed by atoms with van der Waals surface area (Å²) in [5.41, 5.74) is 1.28. The first-order valence-corrected chi connectivity index (χ1v) is 9.96. The van der Waals surface area contributed by atoms with Crippen LogP contribution in [0.3, 0.4) is 0 Å². The number of nitrogens with one attached hydrogen (secondary N) is 1. The first kappa shape index (κ1) is 21.1. The van der Waals surface area contributed by atoms with Crippen LogP contribution in [0.25, 0.3) is 0 Å². The second-order valence-corrected chi connectivity index (χ2v) is 7.61. The quantitative estimate of drug-likeness (QED) is 0.401. The lowest BCUT2D eigenvalue weighted by atomic mass is 10.2. The molecule has 5 nitrogen and oxygen atoms in total. The number of benzene rings is 1. The lowest BCUT2D eigenvalue weighted by Crippen LogP contribution is -2.47. The van der Waals surface area contributed by atoms with Crippen molar-refractivity contribution in [2.75, 3.05) is 25.9 Å². The summed E-state index contributed by atoms with van der Waals surface area (Å²) in [7, 11) is 1.86. The fourth-order valence-electron chi connectivity index (χ4n) is 3.08. The third-order valence-corrected chi connectivity index (χ3v) is 5.88. The van der Waals surface area contributed by atoms with Gasteiger partial charge in [0, 0.05) is 50.1 Å². The Hall–Kier alpha value is -1.22. The minimum Gasteiger partial charge on any atom is -0.349 e. The summed E-state index contributed by atoms with van der Waals surface area (Å²) in [6, 6.07) is 10.5. The van der Waals surface area contributed by atoms with Crippen molar-refractivity contribution in [3.63, 3.8) is 0 Å². The van der Waals surface area contributed by atoms with Gasteiger partial charge in [-0.3, -0.25) is 4.99 Å². The number of aliphatic imine (C=N–C) groups is 1. The summed E-state index contributed by atoms with van der Waals surface area (Å²) in [5.74, 6) is 3.18. The van der Waals surface area contributed by atoms with E-state index in [0.29, 0.717) is 11.8 Å². The largest absolute Gasteiger partial charge is 0.349 e. The summed E-state index contributed by atoms with van der Waals surface area (Å²) in [5, 5.41) is 4.20. The number of aromatic nitrogens is 2. The highest BCUT2D eigenvalue weighted by atomic mass is 127. The Morgan fingerprint density at radius 3 is 2.88 bits per heavy atom. The SMILES string of the molecule is CCC1CN(C(=NC)NCc2nccn2Cc2ccccc2)CCS1.I. The van der Waals surface area contributed by atoms with Crippen LogP contribution in [-0.2, 0) is 13.1 Å². The van der Waals surface area contributed by atoms with Crippen LogP contribution in [0, 0.1) is 0 Å². The highest BCUT2D eigenvalue weighted by Gasteiger charge is 2.21. The van der Waals surface area contributed by atoms with Crippen LogP contribution in [0.4, 0.5) is 0 Å². The van der Waals surface area contributed by atoms with Crippen LogP contribution in [0.1, 0.15) is 24.7 Å². The standard InChI is InChI=1S/C19H27N5S.HI/c1-3-17-15-24(11-12-25-17)19(20-2)22-13-18-21-9-10-23(18)14-16-7-5-4-6-8-16;/h4-10,17H,3,11-15H2,1-2H3,(H,20,22);1H. The van der Waals surface area contributed by atoms with Gasteiger partial charge in [-0.15, -0.1) is 24.0 Å². The van der Waals surface area contributed by atoms with Gasteiger partial charge >= 0.3 is 0 Å². The van der Waals surface area contributed by atoms with E-state index >= 15 is 0 Å². The zero-order chi connectivity index (χ0) is 17.5. The van der Waals surface area contributed by atoms with Gasteiger partial charge in [0.1, 0.15) is 5.82 Å². The molecule has 0 saturated carbocycles. The predicted molar refractivity (Wildman–Crippen MR) is 121 cm³/mol. The Morgan fingerprint density at radius 1 is 1.35 bits per heavy atom. The number of halogens is 1. The number of hydrogen-bond donors (Lipinski definition) is 1. The van der Waals surface area contributed by atoms with Crippen LogP contribution in [0.15, 0.2) is 47.7 Å². The molecule has 3 rings (SSSR count). The molecule has 0 aliphatic carbocycles. The molecule has 1 atom stereocenters. The van der Waals surface area contributed by atoms with Gasteiger partial charge in [0.05, 0.1) is 6.54 Å². The predicted octanol–water partition coefficient (Wildman–Crippen LogP) is 3.45. The van der Waals surface area contributed by atoms with Crippen molar-refractivity contribution in [2.45, 2.75) is 31.7 Å². The van der Waals surface area contributed by atoms with Crippen LogP contribution >= 0.6 is 35.7 Å². The van der Waals surface area contributed by atoms with E-state index in [1.54, 1.807) is 0 Å². The van der Waals surface area contributed by atoms with E-state index < -0.39 is 0 Å². The highest BCUT2D eigenvalue weighted by molar-refractivity contribution is 14.0. The van der Waals surface area contributed by atoms with Crippen LogP contribution < -0.4 is 5.32 Å². The van der Waals surface area contributed by atoms with Crippen LogP contribution in [0.2, 0.25) is 0 Å². The average Bonchev–Trinajstić information content (AvgIpc) is 3.10. The van der Waals surface area contributed by atoms with E-state index in [0.717, 1.165) is 31.4 Å². The summed E-state index contributed by atoms with van der Waals surface area (Å²) >= 11 is 2.07. The smallest absolute Gasteiger partial charge is 0.194 e. The Labute approximate surface area is 177 Å². The normalized spacial score (nSPS) is 17.7.